The van der Waals surface area contributed by atoms with Crippen LogP contribution >= 0.6 is 24.0 Å². The molecule has 1 atom stereocenters. The largest absolute Gasteiger partial charge is 0.468 e. The van der Waals surface area contributed by atoms with E-state index < -0.39 is 5.82 Å². The molecule has 2 aromatic rings. The van der Waals surface area contributed by atoms with Gasteiger partial charge in [0.25, 0.3) is 0 Å². The second kappa shape index (κ2) is 12.1. The predicted molar refractivity (Wildman–Crippen MR) is 123 cm³/mol. The van der Waals surface area contributed by atoms with Crippen LogP contribution in [0.5, 0.6) is 0 Å². The average molecular weight is 516 g/mol. The maximum absolute atomic E-state index is 13.5. The van der Waals surface area contributed by atoms with Crippen LogP contribution in [-0.2, 0) is 13.2 Å². The number of nitrogens with zero attached hydrogens (tertiary/aromatic N) is 2. The molecule has 29 heavy (non-hydrogen) atoms. The molecule has 1 aromatic carbocycles. The highest BCUT2D eigenvalue weighted by Crippen LogP contribution is 2.24. The first-order valence-corrected chi connectivity index (χ1v) is 9.89. The third kappa shape index (κ3) is 6.68. The van der Waals surface area contributed by atoms with Crippen LogP contribution < -0.4 is 10.6 Å². The Morgan fingerprint density at radius 2 is 2.07 bits per heavy atom. The summed E-state index contributed by atoms with van der Waals surface area (Å²) in [6, 6.07) is 8.81. The van der Waals surface area contributed by atoms with E-state index in [4.69, 9.17) is 4.42 Å². The summed E-state index contributed by atoms with van der Waals surface area (Å²) in [5, 5.41) is 15.9. The van der Waals surface area contributed by atoms with Gasteiger partial charge < -0.3 is 20.2 Å². The van der Waals surface area contributed by atoms with Crippen molar-refractivity contribution in [3.63, 3.8) is 0 Å². The molecule has 0 saturated carbocycles. The summed E-state index contributed by atoms with van der Waals surface area (Å²) in [6.45, 7) is 5.67. The Balaban J connectivity index is 0.00000300. The maximum atomic E-state index is 13.5. The van der Waals surface area contributed by atoms with Crippen molar-refractivity contribution in [2.45, 2.75) is 39.0 Å². The standard InChI is InChI=1S/C21H29FN4O2.HI/c1-2-23-21(24-13-16-7-8-18(22)17(12-16)15-27)25-14-19(20-6-5-11-28-20)26-9-3-4-10-26;/h5-8,11-12,19,27H,2-4,9-10,13-15H2,1H3,(H2,23,24,25);1H. The normalized spacial score (nSPS) is 15.8. The molecule has 0 bridgehead atoms. The van der Waals surface area contributed by atoms with Gasteiger partial charge in [-0.05, 0) is 62.7 Å². The van der Waals surface area contributed by atoms with E-state index in [0.29, 0.717) is 19.0 Å². The number of halogens is 2. The highest BCUT2D eigenvalue weighted by molar-refractivity contribution is 14.0. The summed E-state index contributed by atoms with van der Waals surface area (Å²) >= 11 is 0. The first-order valence-electron chi connectivity index (χ1n) is 9.89. The Bertz CT molecular complexity index is 764. The first-order chi connectivity index (χ1) is 13.7. The van der Waals surface area contributed by atoms with Crippen molar-refractivity contribution in [3.05, 3.63) is 59.3 Å². The van der Waals surface area contributed by atoms with E-state index in [1.54, 1.807) is 18.4 Å². The average Bonchev–Trinajstić information content (AvgIpc) is 3.42. The van der Waals surface area contributed by atoms with Gasteiger partial charge >= 0.3 is 0 Å². The SMILES string of the molecule is CCNC(=NCc1ccc(F)c(CO)c1)NCC(c1ccco1)N1CCCC1.I. The van der Waals surface area contributed by atoms with Crippen molar-refractivity contribution in [3.8, 4) is 0 Å². The van der Waals surface area contributed by atoms with Crippen LogP contribution in [0, 0.1) is 5.82 Å². The molecule has 2 heterocycles. The lowest BCUT2D eigenvalue weighted by Crippen LogP contribution is -2.42. The molecule has 1 unspecified atom stereocenters. The molecule has 1 saturated heterocycles. The Labute approximate surface area is 188 Å². The predicted octanol–water partition coefficient (Wildman–Crippen LogP) is 3.42. The fourth-order valence-corrected chi connectivity index (χ4v) is 3.50. The Hall–Kier alpha value is -1.65. The van der Waals surface area contributed by atoms with Gasteiger partial charge in [0.1, 0.15) is 11.6 Å². The number of aliphatic imine (C=N–C) groups is 1. The summed E-state index contributed by atoms with van der Waals surface area (Å²) in [4.78, 5) is 7.04. The van der Waals surface area contributed by atoms with Crippen LogP contribution in [0.4, 0.5) is 4.39 Å². The van der Waals surface area contributed by atoms with Gasteiger partial charge in [-0.25, -0.2) is 9.38 Å². The summed E-state index contributed by atoms with van der Waals surface area (Å²) in [5.74, 6) is 1.26. The minimum atomic E-state index is -0.396. The highest BCUT2D eigenvalue weighted by atomic mass is 127. The Kier molecular flexibility index (Phi) is 9.89. The van der Waals surface area contributed by atoms with Crippen LogP contribution in [-0.4, -0.2) is 42.1 Å². The number of aliphatic hydroxyl groups excluding tert-OH is 1. The summed E-state index contributed by atoms with van der Waals surface area (Å²) in [6.07, 6.45) is 4.14. The zero-order valence-electron chi connectivity index (χ0n) is 16.7. The molecular formula is C21H30FIN4O2. The van der Waals surface area contributed by atoms with Crippen LogP contribution in [0.3, 0.4) is 0 Å². The smallest absolute Gasteiger partial charge is 0.191 e. The lowest BCUT2D eigenvalue weighted by Gasteiger charge is -2.26. The molecule has 0 aliphatic carbocycles. The van der Waals surface area contributed by atoms with E-state index in [1.165, 1.54) is 18.9 Å². The van der Waals surface area contributed by atoms with Crippen LogP contribution in [0.1, 0.15) is 42.7 Å². The van der Waals surface area contributed by atoms with Crippen molar-refractivity contribution < 1.29 is 13.9 Å². The Morgan fingerprint density at radius 1 is 1.28 bits per heavy atom. The molecule has 8 heteroatoms. The van der Waals surface area contributed by atoms with Crippen LogP contribution in [0.25, 0.3) is 0 Å². The molecule has 3 rings (SSSR count). The number of likely N-dealkylation sites (tertiary alicyclic amines) is 1. The van der Waals surface area contributed by atoms with E-state index in [1.807, 2.05) is 19.1 Å². The van der Waals surface area contributed by atoms with E-state index in [2.05, 4.69) is 20.5 Å². The minimum absolute atomic E-state index is 0. The number of guanidine groups is 1. The third-order valence-corrected chi connectivity index (χ3v) is 4.96. The summed E-state index contributed by atoms with van der Waals surface area (Å²) in [5.41, 5.74) is 1.14. The van der Waals surface area contributed by atoms with Gasteiger partial charge in [0.05, 0.1) is 25.5 Å². The van der Waals surface area contributed by atoms with Crippen molar-refractivity contribution in [2.75, 3.05) is 26.2 Å². The van der Waals surface area contributed by atoms with Gasteiger partial charge in [0, 0.05) is 18.7 Å². The maximum Gasteiger partial charge on any atom is 0.191 e. The number of furan rings is 1. The molecule has 6 nitrogen and oxygen atoms in total. The number of rotatable bonds is 8. The van der Waals surface area contributed by atoms with E-state index in [9.17, 15) is 9.50 Å². The number of nitrogens with one attached hydrogen (secondary N) is 2. The van der Waals surface area contributed by atoms with Crippen LogP contribution in [0.2, 0.25) is 0 Å². The minimum Gasteiger partial charge on any atom is -0.468 e. The number of benzene rings is 1. The summed E-state index contributed by atoms with van der Waals surface area (Å²) < 4.78 is 19.2. The molecule has 1 aliphatic rings. The van der Waals surface area contributed by atoms with Crippen LogP contribution in [0.15, 0.2) is 46.0 Å². The number of aliphatic hydroxyl groups is 1. The zero-order valence-corrected chi connectivity index (χ0v) is 19.1. The quantitative estimate of drug-likeness (QED) is 0.285. The molecule has 1 aromatic heterocycles. The van der Waals surface area contributed by atoms with Crippen molar-refractivity contribution in [2.24, 2.45) is 4.99 Å². The monoisotopic (exact) mass is 516 g/mol. The van der Waals surface area contributed by atoms with Crippen molar-refractivity contribution in [1.29, 1.82) is 0 Å². The van der Waals surface area contributed by atoms with Gasteiger partial charge in [-0.3, -0.25) is 4.90 Å². The van der Waals surface area contributed by atoms with Gasteiger partial charge in [0.2, 0.25) is 0 Å². The second-order valence-corrected chi connectivity index (χ2v) is 6.93. The Morgan fingerprint density at radius 3 is 2.72 bits per heavy atom. The molecule has 1 aliphatic heterocycles. The topological polar surface area (TPSA) is 73.0 Å². The third-order valence-electron chi connectivity index (χ3n) is 4.96. The van der Waals surface area contributed by atoms with E-state index >= 15 is 0 Å². The molecular weight excluding hydrogens is 486 g/mol. The first kappa shape index (κ1) is 23.6. The fourth-order valence-electron chi connectivity index (χ4n) is 3.50. The van der Waals surface area contributed by atoms with E-state index in [0.717, 1.165) is 31.0 Å². The molecule has 0 radical (unpaired) electrons. The molecule has 0 spiro atoms. The number of hydrogen-bond acceptors (Lipinski definition) is 4. The second-order valence-electron chi connectivity index (χ2n) is 6.93. The molecule has 160 valence electrons. The fraction of sp³-hybridized carbons (Fsp3) is 0.476. The zero-order chi connectivity index (χ0) is 19.8. The van der Waals surface area contributed by atoms with Crippen molar-refractivity contribution >= 4 is 29.9 Å². The molecule has 1 fully saturated rings. The van der Waals surface area contributed by atoms with Crippen molar-refractivity contribution in [1.82, 2.24) is 15.5 Å². The lowest BCUT2D eigenvalue weighted by molar-refractivity contribution is 0.215. The van der Waals surface area contributed by atoms with Gasteiger partial charge in [0.15, 0.2) is 5.96 Å². The number of hydrogen-bond donors (Lipinski definition) is 3. The van der Waals surface area contributed by atoms with Gasteiger partial charge in [-0.1, -0.05) is 6.07 Å². The van der Waals surface area contributed by atoms with Gasteiger partial charge in [-0.2, -0.15) is 0 Å². The van der Waals surface area contributed by atoms with E-state index in [-0.39, 0.29) is 42.2 Å². The molecule has 3 N–H and O–H groups in total. The highest BCUT2D eigenvalue weighted by Gasteiger charge is 2.25. The summed E-state index contributed by atoms with van der Waals surface area (Å²) in [7, 11) is 0. The molecule has 0 amide bonds. The lowest BCUT2D eigenvalue weighted by atomic mass is 10.1. The van der Waals surface area contributed by atoms with Gasteiger partial charge in [-0.15, -0.1) is 24.0 Å².